The van der Waals surface area contributed by atoms with Crippen LogP contribution in [0.15, 0.2) is 0 Å². The topological polar surface area (TPSA) is 51.2 Å². The molecular formula is C6H12O3. The molecule has 3 heteroatoms. The van der Waals surface area contributed by atoms with Crippen molar-refractivity contribution in [2.75, 3.05) is 0 Å². The monoisotopic (exact) mass is 132 g/mol. The van der Waals surface area contributed by atoms with Crippen LogP contribution in [0.1, 0.15) is 20.3 Å². The molecule has 0 radical (unpaired) electrons. The van der Waals surface area contributed by atoms with Gasteiger partial charge in [-0.2, -0.15) is 0 Å². The third-order valence-electron chi connectivity index (χ3n) is 0.167. The van der Waals surface area contributed by atoms with Crippen LogP contribution in [0.25, 0.3) is 0 Å². The minimum Gasteiger partial charge on any atom is -0.307 e. The highest BCUT2D eigenvalue weighted by Gasteiger charge is 1.52. The van der Waals surface area contributed by atoms with E-state index in [0.29, 0.717) is 6.42 Å². The lowest BCUT2D eigenvalue weighted by Gasteiger charge is -1.51. The van der Waals surface area contributed by atoms with Gasteiger partial charge in [0.1, 0.15) is 19.4 Å². The molecule has 54 valence electrons. The number of carbonyl (C=O) groups is 3. The van der Waals surface area contributed by atoms with Gasteiger partial charge in [-0.1, -0.05) is 6.92 Å². The normalized spacial score (nSPS) is 4.67. The van der Waals surface area contributed by atoms with E-state index in [9.17, 15) is 4.79 Å². The Hall–Kier alpha value is -0.990. The Labute approximate surface area is 55.1 Å². The van der Waals surface area contributed by atoms with Crippen molar-refractivity contribution in [1.29, 1.82) is 0 Å². The van der Waals surface area contributed by atoms with Gasteiger partial charge in [-0.15, -0.1) is 0 Å². The molecule has 0 amide bonds. The second kappa shape index (κ2) is 62.7. The van der Waals surface area contributed by atoms with Gasteiger partial charge in [0.2, 0.25) is 0 Å². The van der Waals surface area contributed by atoms with Crippen molar-refractivity contribution in [2.24, 2.45) is 0 Å². The molecule has 0 aliphatic carbocycles. The summed E-state index contributed by atoms with van der Waals surface area (Å²) >= 11 is 0. The fraction of sp³-hybridized carbons (Fsp3) is 0.500. The van der Waals surface area contributed by atoms with Crippen LogP contribution in [-0.2, 0) is 14.4 Å². The van der Waals surface area contributed by atoms with E-state index in [1.165, 1.54) is 6.92 Å². The fourth-order valence-electron chi connectivity index (χ4n) is 0. The quantitative estimate of drug-likeness (QED) is 0.491. The number of hydrogen-bond donors (Lipinski definition) is 0. The first-order valence-corrected chi connectivity index (χ1v) is 2.45. The fourth-order valence-corrected chi connectivity index (χ4v) is 0. The highest BCUT2D eigenvalue weighted by Crippen LogP contribution is 1.53. The summed E-state index contributed by atoms with van der Waals surface area (Å²) in [5, 5.41) is 0. The molecule has 0 N–H and O–H groups in total. The molecule has 0 aromatic heterocycles. The van der Waals surface area contributed by atoms with Gasteiger partial charge in [0.05, 0.1) is 0 Å². The predicted octanol–water partition coefficient (Wildman–Crippen LogP) is 0.616. The second-order valence-electron chi connectivity index (χ2n) is 0.811. The van der Waals surface area contributed by atoms with Crippen LogP contribution in [0.4, 0.5) is 0 Å². The van der Waals surface area contributed by atoms with Gasteiger partial charge in [0.15, 0.2) is 0 Å². The molecule has 0 bridgehead atoms. The molecule has 0 saturated carbocycles. The maximum atomic E-state index is 9.17. The maximum absolute atomic E-state index is 9.17. The summed E-state index contributed by atoms with van der Waals surface area (Å²) in [6.45, 7) is 5.26. The van der Waals surface area contributed by atoms with E-state index in [4.69, 9.17) is 9.59 Å². The molecule has 0 aliphatic heterocycles. The molecule has 9 heavy (non-hydrogen) atoms. The van der Waals surface area contributed by atoms with Crippen LogP contribution in [0, 0.1) is 0 Å². The minimum atomic E-state index is 0.639. The van der Waals surface area contributed by atoms with E-state index in [-0.39, 0.29) is 0 Å². The molecule has 0 spiro atoms. The van der Waals surface area contributed by atoms with Crippen molar-refractivity contribution in [3.05, 3.63) is 0 Å². The summed E-state index contributed by atoms with van der Waals surface area (Å²) in [6, 6.07) is 0. The van der Waals surface area contributed by atoms with Gasteiger partial charge in [-0.25, -0.2) is 0 Å². The maximum Gasteiger partial charge on any atom is 0.119 e. The van der Waals surface area contributed by atoms with E-state index in [0.717, 1.165) is 12.6 Å². The lowest BCUT2D eigenvalue weighted by molar-refractivity contribution is -0.107. The molecule has 0 heterocycles. The van der Waals surface area contributed by atoms with Crippen LogP contribution in [-0.4, -0.2) is 19.4 Å². The average Bonchev–Trinajstić information content (AvgIpc) is 1.94. The van der Waals surface area contributed by atoms with Gasteiger partial charge in [0, 0.05) is 6.42 Å². The summed E-state index contributed by atoms with van der Waals surface area (Å²) in [5.41, 5.74) is 0. The summed E-state index contributed by atoms with van der Waals surface area (Å²) in [6.07, 6.45) is 2.26. The Morgan fingerprint density at radius 1 is 1.33 bits per heavy atom. The lowest BCUT2D eigenvalue weighted by atomic mass is 10.6. The Morgan fingerprint density at radius 2 is 1.44 bits per heavy atom. The number of rotatable bonds is 1. The largest absolute Gasteiger partial charge is 0.307 e. The van der Waals surface area contributed by atoms with Crippen molar-refractivity contribution < 1.29 is 14.4 Å². The van der Waals surface area contributed by atoms with E-state index in [1.807, 2.05) is 13.7 Å². The molecule has 0 saturated heterocycles. The standard InChI is InChI=1S/C3H6O.C2H4O.CH2O/c1-2-3-4;1-2-3;1-2/h3H,2H2,1H3;2H,1H3;1H2. The molecule has 0 aromatic rings. The lowest BCUT2D eigenvalue weighted by Crippen LogP contribution is -1.55. The highest BCUT2D eigenvalue weighted by atomic mass is 16.1. The minimum absolute atomic E-state index is 0.639. The Kier molecular flexibility index (Phi) is 109. The second-order valence-corrected chi connectivity index (χ2v) is 0.811. The number of carbonyl (C=O) groups excluding carboxylic acids is 3. The summed E-state index contributed by atoms with van der Waals surface area (Å²) in [4.78, 5) is 26.0. The first-order chi connectivity index (χ1) is 4.33. The molecule has 0 atom stereocenters. The van der Waals surface area contributed by atoms with Crippen molar-refractivity contribution in [3.63, 3.8) is 0 Å². The zero-order chi connectivity index (χ0) is 8.12. The Morgan fingerprint density at radius 3 is 1.44 bits per heavy atom. The molecule has 0 rings (SSSR count). The van der Waals surface area contributed by atoms with E-state index < -0.39 is 0 Å². The van der Waals surface area contributed by atoms with E-state index in [2.05, 4.69) is 0 Å². The first-order valence-electron chi connectivity index (χ1n) is 2.45. The van der Waals surface area contributed by atoms with E-state index in [1.54, 1.807) is 0 Å². The molecule has 3 nitrogen and oxygen atoms in total. The molecule has 0 unspecified atom stereocenters. The Bertz CT molecular complexity index is 52.3. The van der Waals surface area contributed by atoms with Crippen LogP contribution < -0.4 is 0 Å². The molecule has 0 aliphatic rings. The first kappa shape index (κ1) is 15.7. The molecule has 0 aromatic carbocycles. The van der Waals surface area contributed by atoms with Crippen molar-refractivity contribution in [1.82, 2.24) is 0 Å². The summed E-state index contributed by atoms with van der Waals surface area (Å²) < 4.78 is 0. The number of hydrogen-bond acceptors (Lipinski definition) is 3. The zero-order valence-corrected chi connectivity index (χ0v) is 5.79. The van der Waals surface area contributed by atoms with Crippen LogP contribution in [0.5, 0.6) is 0 Å². The third-order valence-corrected chi connectivity index (χ3v) is 0.167. The SMILES string of the molecule is C=O.CC=O.CCC=O. The van der Waals surface area contributed by atoms with Crippen LogP contribution >= 0.6 is 0 Å². The van der Waals surface area contributed by atoms with Crippen LogP contribution in [0.2, 0.25) is 0 Å². The predicted molar refractivity (Wildman–Crippen MR) is 35.2 cm³/mol. The van der Waals surface area contributed by atoms with Gasteiger partial charge in [0.25, 0.3) is 0 Å². The highest BCUT2D eigenvalue weighted by molar-refractivity contribution is 5.48. The van der Waals surface area contributed by atoms with Crippen molar-refractivity contribution in [2.45, 2.75) is 20.3 Å². The van der Waals surface area contributed by atoms with Crippen LogP contribution in [0.3, 0.4) is 0 Å². The Balaban J connectivity index is -0.0000000646. The van der Waals surface area contributed by atoms with Gasteiger partial charge in [-0.05, 0) is 6.92 Å². The van der Waals surface area contributed by atoms with Crippen molar-refractivity contribution in [3.8, 4) is 0 Å². The third kappa shape index (κ3) is 1760000. The smallest absolute Gasteiger partial charge is 0.119 e. The van der Waals surface area contributed by atoms with Crippen molar-refractivity contribution >= 4 is 19.4 Å². The average molecular weight is 132 g/mol. The zero-order valence-electron chi connectivity index (χ0n) is 5.79. The van der Waals surface area contributed by atoms with Gasteiger partial charge >= 0.3 is 0 Å². The molecular weight excluding hydrogens is 120 g/mol. The summed E-state index contributed by atoms with van der Waals surface area (Å²) in [5.74, 6) is 0. The number of aldehydes is 2. The van der Waals surface area contributed by atoms with E-state index >= 15 is 0 Å². The van der Waals surface area contributed by atoms with Gasteiger partial charge in [-0.3, -0.25) is 0 Å². The summed E-state index contributed by atoms with van der Waals surface area (Å²) in [7, 11) is 0. The molecule has 0 fully saturated rings. The van der Waals surface area contributed by atoms with Gasteiger partial charge < -0.3 is 14.4 Å².